The normalized spacial score (nSPS) is 11.3. The van der Waals surface area contributed by atoms with Gasteiger partial charge in [-0.05, 0) is 18.6 Å². The van der Waals surface area contributed by atoms with Gasteiger partial charge in [-0.2, -0.15) is 0 Å². The zero-order valence-corrected chi connectivity index (χ0v) is 10.1. The third kappa shape index (κ3) is 3.20. The number of amides is 1. The fourth-order valence-electron chi connectivity index (χ4n) is 0.921. The van der Waals surface area contributed by atoms with E-state index in [1.54, 1.807) is 12.3 Å². The molecular weight excluding hydrogens is 212 g/mol. The Morgan fingerprint density at radius 1 is 1.47 bits per heavy atom. The van der Waals surface area contributed by atoms with Gasteiger partial charge < -0.3 is 5.32 Å². The van der Waals surface area contributed by atoms with Crippen LogP contribution in [0.25, 0.3) is 0 Å². The van der Waals surface area contributed by atoms with Crippen LogP contribution in [-0.2, 0) is 4.79 Å². The van der Waals surface area contributed by atoms with E-state index in [4.69, 9.17) is 11.6 Å². The number of anilines is 1. The van der Waals surface area contributed by atoms with Crippen LogP contribution >= 0.6 is 11.6 Å². The van der Waals surface area contributed by atoms with E-state index in [0.717, 1.165) is 5.56 Å². The highest BCUT2D eigenvalue weighted by atomic mass is 35.5. The average molecular weight is 227 g/mol. The predicted octanol–water partition coefficient (Wildman–Crippen LogP) is 3.03. The summed E-state index contributed by atoms with van der Waals surface area (Å²) in [6.45, 7) is 7.41. The SMILES string of the molecule is Cc1cnc(NC(=O)C(C)(C)C)c(Cl)c1. The van der Waals surface area contributed by atoms with E-state index in [9.17, 15) is 4.79 Å². The number of carbonyl (C=O) groups excluding carboxylic acids is 1. The molecule has 15 heavy (non-hydrogen) atoms. The fourth-order valence-corrected chi connectivity index (χ4v) is 1.19. The van der Waals surface area contributed by atoms with Crippen molar-refractivity contribution in [2.75, 3.05) is 5.32 Å². The van der Waals surface area contributed by atoms with E-state index in [1.165, 1.54) is 0 Å². The summed E-state index contributed by atoms with van der Waals surface area (Å²) in [6.07, 6.45) is 1.67. The number of hydrogen-bond acceptors (Lipinski definition) is 2. The number of carbonyl (C=O) groups is 1. The van der Waals surface area contributed by atoms with E-state index in [-0.39, 0.29) is 5.91 Å². The van der Waals surface area contributed by atoms with Crippen LogP contribution in [0, 0.1) is 12.3 Å². The molecule has 0 radical (unpaired) electrons. The van der Waals surface area contributed by atoms with E-state index in [1.807, 2.05) is 27.7 Å². The van der Waals surface area contributed by atoms with Gasteiger partial charge in [-0.15, -0.1) is 0 Å². The molecule has 1 aromatic rings. The number of nitrogens with one attached hydrogen (secondary N) is 1. The van der Waals surface area contributed by atoms with Crippen molar-refractivity contribution in [1.82, 2.24) is 4.98 Å². The predicted molar refractivity (Wildman–Crippen MR) is 62.1 cm³/mol. The minimum atomic E-state index is -0.449. The first-order chi connectivity index (χ1) is 6.80. The molecule has 1 rings (SSSR count). The Labute approximate surface area is 94.9 Å². The van der Waals surface area contributed by atoms with E-state index in [2.05, 4.69) is 10.3 Å². The molecule has 1 heterocycles. The largest absolute Gasteiger partial charge is 0.309 e. The Bertz CT molecular complexity index is 383. The van der Waals surface area contributed by atoms with Gasteiger partial charge >= 0.3 is 0 Å². The van der Waals surface area contributed by atoms with Crippen molar-refractivity contribution < 1.29 is 4.79 Å². The standard InChI is InChI=1S/C11H15ClN2O/c1-7-5-8(12)9(13-6-7)14-10(15)11(2,3)4/h5-6H,1-4H3,(H,13,14,15). The molecule has 0 aliphatic heterocycles. The summed E-state index contributed by atoms with van der Waals surface area (Å²) < 4.78 is 0. The molecule has 0 saturated heterocycles. The second kappa shape index (κ2) is 4.19. The van der Waals surface area contributed by atoms with Gasteiger partial charge in [-0.1, -0.05) is 32.4 Å². The molecule has 0 saturated carbocycles. The number of aryl methyl sites for hydroxylation is 1. The minimum Gasteiger partial charge on any atom is -0.309 e. The van der Waals surface area contributed by atoms with Crippen molar-refractivity contribution in [1.29, 1.82) is 0 Å². The summed E-state index contributed by atoms with van der Waals surface area (Å²) in [5.41, 5.74) is 0.518. The molecule has 3 nitrogen and oxygen atoms in total. The second-order valence-corrected chi connectivity index (χ2v) is 4.95. The lowest BCUT2D eigenvalue weighted by Crippen LogP contribution is -2.28. The van der Waals surface area contributed by atoms with Crippen LogP contribution in [-0.4, -0.2) is 10.9 Å². The molecular formula is C11H15ClN2O. The van der Waals surface area contributed by atoms with Gasteiger partial charge in [0.25, 0.3) is 0 Å². The van der Waals surface area contributed by atoms with Crippen LogP contribution in [0.2, 0.25) is 5.02 Å². The van der Waals surface area contributed by atoms with E-state index < -0.39 is 5.41 Å². The van der Waals surface area contributed by atoms with Crippen LogP contribution in [0.4, 0.5) is 5.82 Å². The summed E-state index contributed by atoms with van der Waals surface area (Å²) in [5.74, 6) is 0.322. The number of rotatable bonds is 1. The topological polar surface area (TPSA) is 42.0 Å². The van der Waals surface area contributed by atoms with Crippen molar-refractivity contribution in [3.05, 3.63) is 22.8 Å². The molecule has 4 heteroatoms. The lowest BCUT2D eigenvalue weighted by atomic mass is 9.96. The number of pyridine rings is 1. The third-order valence-corrected chi connectivity index (χ3v) is 2.18. The smallest absolute Gasteiger partial charge is 0.230 e. The molecule has 82 valence electrons. The lowest BCUT2D eigenvalue weighted by molar-refractivity contribution is -0.123. The Balaban J connectivity index is 2.87. The minimum absolute atomic E-state index is 0.0965. The molecule has 0 aliphatic rings. The second-order valence-electron chi connectivity index (χ2n) is 4.55. The van der Waals surface area contributed by atoms with E-state index in [0.29, 0.717) is 10.8 Å². The zero-order valence-electron chi connectivity index (χ0n) is 9.39. The average Bonchev–Trinajstić information content (AvgIpc) is 2.08. The summed E-state index contributed by atoms with van der Waals surface area (Å²) in [6, 6.07) is 1.77. The molecule has 0 aromatic carbocycles. The maximum Gasteiger partial charge on any atom is 0.230 e. The molecule has 1 amide bonds. The van der Waals surface area contributed by atoms with Crippen LogP contribution in [0.1, 0.15) is 26.3 Å². The highest BCUT2D eigenvalue weighted by Gasteiger charge is 2.22. The summed E-state index contributed by atoms with van der Waals surface area (Å²) in [7, 11) is 0. The Morgan fingerprint density at radius 2 is 2.07 bits per heavy atom. The Kier molecular flexibility index (Phi) is 3.35. The molecule has 1 N–H and O–H groups in total. The molecule has 0 atom stereocenters. The van der Waals surface area contributed by atoms with Gasteiger partial charge in [-0.3, -0.25) is 4.79 Å². The fraction of sp³-hybridized carbons (Fsp3) is 0.455. The highest BCUT2D eigenvalue weighted by molar-refractivity contribution is 6.33. The van der Waals surface area contributed by atoms with Crippen LogP contribution in [0.15, 0.2) is 12.3 Å². The molecule has 0 fully saturated rings. The third-order valence-electron chi connectivity index (χ3n) is 1.89. The summed E-state index contributed by atoms with van der Waals surface area (Å²) in [4.78, 5) is 15.7. The molecule has 1 aromatic heterocycles. The molecule has 0 unspecified atom stereocenters. The van der Waals surface area contributed by atoms with Gasteiger partial charge in [0.1, 0.15) is 0 Å². The van der Waals surface area contributed by atoms with Crippen molar-refractivity contribution in [2.24, 2.45) is 5.41 Å². The quantitative estimate of drug-likeness (QED) is 0.800. The Morgan fingerprint density at radius 3 is 2.53 bits per heavy atom. The van der Waals surface area contributed by atoms with Crippen molar-refractivity contribution in [2.45, 2.75) is 27.7 Å². The monoisotopic (exact) mass is 226 g/mol. The van der Waals surface area contributed by atoms with Crippen molar-refractivity contribution >= 4 is 23.3 Å². The van der Waals surface area contributed by atoms with Gasteiger partial charge in [-0.25, -0.2) is 4.98 Å². The summed E-state index contributed by atoms with van der Waals surface area (Å²) in [5, 5.41) is 3.16. The summed E-state index contributed by atoms with van der Waals surface area (Å²) >= 11 is 5.95. The first-order valence-corrected chi connectivity index (χ1v) is 5.12. The van der Waals surface area contributed by atoms with Crippen LogP contribution < -0.4 is 5.32 Å². The Hall–Kier alpha value is -1.09. The number of hydrogen-bond donors (Lipinski definition) is 1. The van der Waals surface area contributed by atoms with Gasteiger partial charge in [0.15, 0.2) is 5.82 Å². The van der Waals surface area contributed by atoms with Crippen LogP contribution in [0.3, 0.4) is 0 Å². The van der Waals surface area contributed by atoms with Crippen LogP contribution in [0.5, 0.6) is 0 Å². The number of aromatic nitrogens is 1. The maximum atomic E-state index is 11.7. The van der Waals surface area contributed by atoms with Gasteiger partial charge in [0, 0.05) is 11.6 Å². The van der Waals surface area contributed by atoms with Crippen molar-refractivity contribution in [3.8, 4) is 0 Å². The number of halogens is 1. The van der Waals surface area contributed by atoms with Gasteiger partial charge in [0.05, 0.1) is 5.02 Å². The molecule has 0 aliphatic carbocycles. The zero-order chi connectivity index (χ0) is 11.6. The molecule has 0 bridgehead atoms. The maximum absolute atomic E-state index is 11.7. The van der Waals surface area contributed by atoms with Crippen molar-refractivity contribution in [3.63, 3.8) is 0 Å². The molecule has 0 spiro atoms. The first kappa shape index (κ1) is 12.0. The van der Waals surface area contributed by atoms with E-state index >= 15 is 0 Å². The van der Waals surface area contributed by atoms with Gasteiger partial charge in [0.2, 0.25) is 5.91 Å². The lowest BCUT2D eigenvalue weighted by Gasteiger charge is -2.17. The number of nitrogens with zero attached hydrogens (tertiary/aromatic N) is 1. The highest BCUT2D eigenvalue weighted by Crippen LogP contribution is 2.22. The first-order valence-electron chi connectivity index (χ1n) is 4.74.